The third-order valence-corrected chi connectivity index (χ3v) is 2.82. The Hall–Kier alpha value is -1.08. The van der Waals surface area contributed by atoms with Gasteiger partial charge < -0.3 is 10.1 Å². The molecule has 1 aromatic carbocycles. The summed E-state index contributed by atoms with van der Waals surface area (Å²) in [6.45, 7) is 1.62. The van der Waals surface area contributed by atoms with E-state index in [9.17, 15) is 18.0 Å². The van der Waals surface area contributed by atoms with Crippen LogP contribution in [-0.2, 0) is 9.53 Å². The van der Waals surface area contributed by atoms with Crippen LogP contribution in [0.2, 0.25) is 0 Å². The molecule has 7 heteroatoms. The lowest BCUT2D eigenvalue weighted by molar-refractivity contribution is -0.174. The highest BCUT2D eigenvalue weighted by molar-refractivity contribution is 9.10. The molecule has 0 saturated heterocycles. The maximum absolute atomic E-state index is 11.8. The van der Waals surface area contributed by atoms with E-state index in [0.29, 0.717) is 10.2 Å². The van der Waals surface area contributed by atoms with E-state index >= 15 is 0 Å². The summed E-state index contributed by atoms with van der Waals surface area (Å²) < 4.78 is 40.5. The topological polar surface area (TPSA) is 38.3 Å². The van der Waals surface area contributed by atoms with E-state index in [1.54, 1.807) is 13.0 Å². The predicted octanol–water partition coefficient (Wildman–Crippen LogP) is 3.58. The zero-order valence-corrected chi connectivity index (χ0v) is 12.0. The summed E-state index contributed by atoms with van der Waals surface area (Å²) in [6, 6.07) is 3.66. The molecule has 19 heavy (non-hydrogen) atoms. The van der Waals surface area contributed by atoms with Crippen molar-refractivity contribution in [1.82, 2.24) is 0 Å². The van der Waals surface area contributed by atoms with E-state index in [1.165, 1.54) is 0 Å². The molecular formula is C12H13BrF3NO2. The smallest absolute Gasteiger partial charge is 0.362 e. The Morgan fingerprint density at radius 3 is 2.53 bits per heavy atom. The van der Waals surface area contributed by atoms with Gasteiger partial charge in [0, 0.05) is 4.47 Å². The van der Waals surface area contributed by atoms with Crippen LogP contribution in [0.15, 0.2) is 16.6 Å². The number of aryl methyl sites for hydroxylation is 2. The van der Waals surface area contributed by atoms with Gasteiger partial charge in [-0.15, -0.1) is 0 Å². The Balaban J connectivity index is 2.58. The van der Waals surface area contributed by atoms with Crippen molar-refractivity contribution < 1.29 is 22.7 Å². The molecule has 0 aliphatic carbocycles. The summed E-state index contributed by atoms with van der Waals surface area (Å²) in [5.74, 6) is -0.628. The summed E-state index contributed by atoms with van der Waals surface area (Å²) >= 11 is 3.29. The van der Waals surface area contributed by atoms with Gasteiger partial charge in [0.1, 0.15) is 13.2 Å². The zero-order valence-electron chi connectivity index (χ0n) is 10.4. The summed E-state index contributed by atoms with van der Waals surface area (Å²) in [5, 5.41) is 2.51. The van der Waals surface area contributed by atoms with Gasteiger partial charge in [-0.2, -0.15) is 13.2 Å². The van der Waals surface area contributed by atoms with Gasteiger partial charge in [-0.3, -0.25) is 4.79 Å². The standard InChI is InChI=1S/C12H13BrF3NO2/c1-7-3-8(2)11(9(13)4-7)17-10(18)5-19-6-12(14,15)16/h3-4H,5-6H2,1-2H3,(H,17,18). The highest BCUT2D eigenvalue weighted by atomic mass is 79.9. The van der Waals surface area contributed by atoms with Gasteiger partial charge in [0.2, 0.25) is 5.91 Å². The Morgan fingerprint density at radius 2 is 2.00 bits per heavy atom. The molecule has 0 fully saturated rings. The van der Waals surface area contributed by atoms with Crippen LogP contribution in [0.1, 0.15) is 11.1 Å². The molecule has 1 aromatic rings. The number of alkyl halides is 3. The lowest BCUT2D eigenvalue weighted by Gasteiger charge is -2.12. The molecule has 0 aliphatic heterocycles. The number of hydrogen-bond acceptors (Lipinski definition) is 2. The van der Waals surface area contributed by atoms with Gasteiger partial charge >= 0.3 is 6.18 Å². The number of ether oxygens (including phenoxy) is 1. The number of carbonyl (C=O) groups is 1. The Bertz CT molecular complexity index is 452. The number of anilines is 1. The monoisotopic (exact) mass is 339 g/mol. The molecule has 0 bridgehead atoms. The van der Waals surface area contributed by atoms with Crippen LogP contribution in [0.4, 0.5) is 18.9 Å². The zero-order chi connectivity index (χ0) is 14.6. The van der Waals surface area contributed by atoms with E-state index in [4.69, 9.17) is 0 Å². The molecule has 0 heterocycles. The van der Waals surface area contributed by atoms with Crippen LogP contribution in [0.3, 0.4) is 0 Å². The lowest BCUT2D eigenvalue weighted by Crippen LogP contribution is -2.24. The maximum atomic E-state index is 11.8. The molecule has 3 nitrogen and oxygen atoms in total. The molecule has 0 saturated carbocycles. The molecule has 0 radical (unpaired) electrons. The normalized spacial score (nSPS) is 11.5. The molecule has 106 valence electrons. The fourth-order valence-electron chi connectivity index (χ4n) is 1.51. The number of amides is 1. The van der Waals surface area contributed by atoms with Crippen molar-refractivity contribution in [2.75, 3.05) is 18.5 Å². The quantitative estimate of drug-likeness (QED) is 0.910. The van der Waals surface area contributed by atoms with Gasteiger partial charge in [-0.1, -0.05) is 6.07 Å². The molecule has 0 aliphatic rings. The van der Waals surface area contributed by atoms with Crippen molar-refractivity contribution in [3.05, 3.63) is 27.7 Å². The van der Waals surface area contributed by atoms with Gasteiger partial charge in [0.15, 0.2) is 0 Å². The molecule has 0 spiro atoms. The third-order valence-electron chi connectivity index (χ3n) is 2.20. The minimum Gasteiger partial charge on any atom is -0.362 e. The summed E-state index contributed by atoms with van der Waals surface area (Å²) in [5.41, 5.74) is 2.36. The van der Waals surface area contributed by atoms with Crippen molar-refractivity contribution in [2.24, 2.45) is 0 Å². The van der Waals surface area contributed by atoms with Crippen LogP contribution in [-0.4, -0.2) is 25.3 Å². The van der Waals surface area contributed by atoms with Gasteiger partial charge in [0.25, 0.3) is 0 Å². The first kappa shape index (κ1) is 16.0. The summed E-state index contributed by atoms with van der Waals surface area (Å²) in [7, 11) is 0. The summed E-state index contributed by atoms with van der Waals surface area (Å²) in [4.78, 5) is 11.5. The van der Waals surface area contributed by atoms with Crippen LogP contribution < -0.4 is 5.32 Å². The fourth-order valence-corrected chi connectivity index (χ4v) is 2.28. The third kappa shape index (κ3) is 5.61. The first-order valence-corrected chi connectivity index (χ1v) is 6.19. The van der Waals surface area contributed by atoms with Crippen molar-refractivity contribution in [1.29, 1.82) is 0 Å². The highest BCUT2D eigenvalue weighted by Gasteiger charge is 2.27. The van der Waals surface area contributed by atoms with Crippen molar-refractivity contribution in [3.63, 3.8) is 0 Å². The summed E-state index contributed by atoms with van der Waals surface area (Å²) in [6.07, 6.45) is -4.43. The van der Waals surface area contributed by atoms with Gasteiger partial charge in [0.05, 0.1) is 5.69 Å². The SMILES string of the molecule is Cc1cc(C)c(NC(=O)COCC(F)(F)F)c(Br)c1. The number of carbonyl (C=O) groups excluding carboxylic acids is 1. The average molecular weight is 340 g/mol. The van der Waals surface area contributed by atoms with Crippen LogP contribution in [0.5, 0.6) is 0 Å². The average Bonchev–Trinajstić information content (AvgIpc) is 2.21. The Kier molecular flexibility index (Phi) is 5.37. The molecule has 0 aromatic heterocycles. The van der Waals surface area contributed by atoms with Crippen LogP contribution in [0.25, 0.3) is 0 Å². The molecule has 0 atom stereocenters. The molecule has 1 amide bonds. The van der Waals surface area contributed by atoms with Gasteiger partial charge in [-0.05, 0) is 47.0 Å². The fraction of sp³-hybridized carbons (Fsp3) is 0.417. The molecule has 0 unspecified atom stereocenters. The number of nitrogens with one attached hydrogen (secondary N) is 1. The highest BCUT2D eigenvalue weighted by Crippen LogP contribution is 2.27. The second-order valence-electron chi connectivity index (χ2n) is 4.09. The Morgan fingerprint density at radius 1 is 1.37 bits per heavy atom. The number of hydrogen-bond donors (Lipinski definition) is 1. The first-order valence-electron chi connectivity index (χ1n) is 5.40. The van der Waals surface area contributed by atoms with E-state index < -0.39 is 25.3 Å². The Labute approximate surface area is 117 Å². The minimum absolute atomic E-state index is 0.534. The van der Waals surface area contributed by atoms with E-state index in [1.807, 2.05) is 13.0 Å². The minimum atomic E-state index is -4.43. The predicted molar refractivity (Wildman–Crippen MR) is 69.1 cm³/mol. The second kappa shape index (κ2) is 6.38. The largest absolute Gasteiger partial charge is 0.411 e. The van der Waals surface area contributed by atoms with Crippen molar-refractivity contribution >= 4 is 27.5 Å². The second-order valence-corrected chi connectivity index (χ2v) is 4.95. The number of rotatable bonds is 4. The molecule has 1 rings (SSSR count). The van der Waals surface area contributed by atoms with E-state index in [0.717, 1.165) is 11.1 Å². The van der Waals surface area contributed by atoms with E-state index in [-0.39, 0.29) is 0 Å². The van der Waals surface area contributed by atoms with Crippen molar-refractivity contribution in [2.45, 2.75) is 20.0 Å². The van der Waals surface area contributed by atoms with Gasteiger partial charge in [-0.25, -0.2) is 0 Å². The molecule has 1 N–H and O–H groups in total. The maximum Gasteiger partial charge on any atom is 0.411 e. The van der Waals surface area contributed by atoms with Crippen molar-refractivity contribution in [3.8, 4) is 0 Å². The van der Waals surface area contributed by atoms with Crippen LogP contribution in [0, 0.1) is 13.8 Å². The number of benzene rings is 1. The first-order chi connectivity index (χ1) is 8.69. The van der Waals surface area contributed by atoms with E-state index in [2.05, 4.69) is 26.0 Å². The number of halogens is 4. The lowest BCUT2D eigenvalue weighted by atomic mass is 10.1. The van der Waals surface area contributed by atoms with Crippen LogP contribution >= 0.6 is 15.9 Å². The molecular weight excluding hydrogens is 327 g/mol.